The molecule has 1 fully saturated rings. The minimum absolute atomic E-state index is 0.121. The summed E-state index contributed by atoms with van der Waals surface area (Å²) in [5, 5.41) is 6.37. The zero-order valence-corrected chi connectivity index (χ0v) is 17.5. The summed E-state index contributed by atoms with van der Waals surface area (Å²) in [7, 11) is 4.85. The average Bonchev–Trinajstić information content (AvgIpc) is 3.35. The molecule has 1 aliphatic heterocycles. The smallest absolute Gasteiger partial charge is 0.310 e. The normalized spacial score (nSPS) is 19.6. The van der Waals surface area contributed by atoms with Crippen LogP contribution in [0.15, 0.2) is 34.6 Å². The first-order chi connectivity index (χ1) is 13.5. The van der Waals surface area contributed by atoms with E-state index < -0.39 is 0 Å². The minimum Gasteiger partial charge on any atom is -0.497 e. The van der Waals surface area contributed by atoms with E-state index in [-0.39, 0.29) is 17.8 Å². The van der Waals surface area contributed by atoms with Crippen LogP contribution >= 0.6 is 11.3 Å². The van der Waals surface area contributed by atoms with E-state index in [1.807, 2.05) is 29.6 Å². The van der Waals surface area contributed by atoms with Crippen LogP contribution in [0.5, 0.6) is 5.75 Å². The van der Waals surface area contributed by atoms with Gasteiger partial charge in [0.2, 0.25) is 0 Å². The van der Waals surface area contributed by atoms with E-state index >= 15 is 0 Å². The zero-order chi connectivity index (χ0) is 20.1. The van der Waals surface area contributed by atoms with Gasteiger partial charge in [-0.05, 0) is 30.2 Å². The van der Waals surface area contributed by atoms with Crippen molar-refractivity contribution >= 4 is 23.3 Å². The Morgan fingerprint density at radius 3 is 2.71 bits per heavy atom. The highest BCUT2D eigenvalue weighted by atomic mass is 32.1. The number of ether oxygens (including phenoxy) is 2. The number of rotatable bonds is 5. The number of esters is 1. The molecule has 2 aromatic rings. The van der Waals surface area contributed by atoms with Gasteiger partial charge in [0.25, 0.3) is 0 Å². The lowest BCUT2D eigenvalue weighted by atomic mass is 9.99. The summed E-state index contributed by atoms with van der Waals surface area (Å²) in [6.07, 6.45) is 0. The molecule has 0 radical (unpaired) electrons. The topological polar surface area (TPSA) is 76.1 Å². The van der Waals surface area contributed by atoms with Crippen LogP contribution in [0, 0.1) is 11.8 Å². The van der Waals surface area contributed by atoms with Gasteiger partial charge in [-0.15, -0.1) is 11.3 Å². The van der Waals surface area contributed by atoms with Gasteiger partial charge in [-0.25, -0.2) is 4.98 Å². The van der Waals surface area contributed by atoms with Crippen molar-refractivity contribution in [2.24, 2.45) is 16.8 Å². The number of carbonyl (C=O) groups excluding carboxylic acids is 1. The van der Waals surface area contributed by atoms with Crippen molar-refractivity contribution in [1.29, 1.82) is 0 Å². The van der Waals surface area contributed by atoms with Crippen molar-refractivity contribution in [3.8, 4) is 16.3 Å². The van der Waals surface area contributed by atoms with Gasteiger partial charge >= 0.3 is 5.97 Å². The van der Waals surface area contributed by atoms with E-state index in [9.17, 15) is 4.79 Å². The molecule has 7 nitrogen and oxygen atoms in total. The molecule has 0 aliphatic carbocycles. The number of nitrogens with one attached hydrogen (secondary N) is 1. The third-order valence-corrected chi connectivity index (χ3v) is 5.88. The highest BCUT2D eigenvalue weighted by Crippen LogP contribution is 2.26. The van der Waals surface area contributed by atoms with E-state index in [2.05, 4.69) is 22.1 Å². The minimum atomic E-state index is -0.158. The first kappa shape index (κ1) is 20.1. The third-order valence-electron chi connectivity index (χ3n) is 4.94. The number of methoxy groups -OCH3 is 2. The lowest BCUT2D eigenvalue weighted by Gasteiger charge is -2.21. The second-order valence-corrected chi connectivity index (χ2v) is 7.64. The highest BCUT2D eigenvalue weighted by molar-refractivity contribution is 7.13. The molecule has 1 aromatic carbocycles. The van der Waals surface area contributed by atoms with E-state index in [4.69, 9.17) is 14.5 Å². The number of hydrogen-bond acceptors (Lipinski definition) is 6. The quantitative estimate of drug-likeness (QED) is 0.471. The largest absolute Gasteiger partial charge is 0.497 e. The SMILES string of the molecule is CN=C(NCc1csc(-c2ccc(OC)cc2)n1)N1CC(C)C(C(=O)OC)C1. The lowest BCUT2D eigenvalue weighted by Crippen LogP contribution is -2.40. The number of likely N-dealkylation sites (tertiary alicyclic amines) is 1. The monoisotopic (exact) mass is 402 g/mol. The Balaban J connectivity index is 1.60. The standard InChI is InChI=1S/C20H26N4O3S/c1-13-10-24(11-17(13)19(25)27-4)20(21-2)22-9-15-12-28-18(23-15)14-5-7-16(26-3)8-6-14/h5-8,12-13,17H,9-11H2,1-4H3,(H,21,22). The summed E-state index contributed by atoms with van der Waals surface area (Å²) in [5.74, 6) is 1.55. The number of benzene rings is 1. The highest BCUT2D eigenvalue weighted by Gasteiger charge is 2.36. The molecule has 1 aromatic heterocycles. The third kappa shape index (κ3) is 4.44. The van der Waals surface area contributed by atoms with Gasteiger partial charge < -0.3 is 19.7 Å². The molecule has 3 rings (SSSR count). The maximum absolute atomic E-state index is 11.9. The van der Waals surface area contributed by atoms with E-state index in [0.717, 1.165) is 34.5 Å². The van der Waals surface area contributed by atoms with E-state index in [0.29, 0.717) is 13.1 Å². The summed E-state index contributed by atoms with van der Waals surface area (Å²) in [6.45, 7) is 4.03. The summed E-state index contributed by atoms with van der Waals surface area (Å²) in [6, 6.07) is 7.88. The molecule has 0 saturated carbocycles. The molecule has 8 heteroatoms. The number of thiazole rings is 1. The first-order valence-electron chi connectivity index (χ1n) is 9.18. The van der Waals surface area contributed by atoms with Crippen LogP contribution in [0.4, 0.5) is 0 Å². The van der Waals surface area contributed by atoms with Gasteiger partial charge in [0.05, 0.1) is 32.4 Å². The maximum atomic E-state index is 11.9. The fraction of sp³-hybridized carbons (Fsp3) is 0.450. The maximum Gasteiger partial charge on any atom is 0.310 e. The van der Waals surface area contributed by atoms with Gasteiger partial charge in [0, 0.05) is 31.1 Å². The number of nitrogens with zero attached hydrogens (tertiary/aromatic N) is 3. The van der Waals surface area contributed by atoms with Crippen LogP contribution in [0.1, 0.15) is 12.6 Å². The summed E-state index contributed by atoms with van der Waals surface area (Å²) in [4.78, 5) is 23.1. The predicted octanol–water partition coefficient (Wildman–Crippen LogP) is 2.64. The molecule has 1 saturated heterocycles. The summed E-state index contributed by atoms with van der Waals surface area (Å²) in [5.41, 5.74) is 2.02. The Labute approximate surface area is 169 Å². The van der Waals surface area contributed by atoms with Crippen molar-refractivity contribution in [3.63, 3.8) is 0 Å². The molecule has 2 unspecified atom stereocenters. The number of carbonyl (C=O) groups is 1. The number of hydrogen-bond donors (Lipinski definition) is 1. The van der Waals surface area contributed by atoms with Crippen LogP contribution in [0.3, 0.4) is 0 Å². The summed E-state index contributed by atoms with van der Waals surface area (Å²) >= 11 is 1.61. The van der Waals surface area contributed by atoms with Crippen molar-refractivity contribution in [1.82, 2.24) is 15.2 Å². The van der Waals surface area contributed by atoms with Crippen LogP contribution in [0.25, 0.3) is 10.6 Å². The predicted molar refractivity (Wildman–Crippen MR) is 111 cm³/mol. The molecule has 2 heterocycles. The van der Waals surface area contributed by atoms with Gasteiger partial charge in [0.15, 0.2) is 5.96 Å². The van der Waals surface area contributed by atoms with Crippen molar-refractivity contribution in [2.75, 3.05) is 34.4 Å². The van der Waals surface area contributed by atoms with Gasteiger partial charge in [-0.3, -0.25) is 9.79 Å². The molecule has 0 bridgehead atoms. The lowest BCUT2D eigenvalue weighted by molar-refractivity contribution is -0.145. The molecular formula is C20H26N4O3S. The fourth-order valence-corrected chi connectivity index (χ4v) is 4.18. The van der Waals surface area contributed by atoms with Crippen LogP contribution in [0.2, 0.25) is 0 Å². The van der Waals surface area contributed by atoms with Crippen molar-refractivity contribution in [2.45, 2.75) is 13.5 Å². The van der Waals surface area contributed by atoms with Gasteiger partial charge in [0.1, 0.15) is 10.8 Å². The Morgan fingerprint density at radius 1 is 1.32 bits per heavy atom. The molecule has 2 atom stereocenters. The second-order valence-electron chi connectivity index (χ2n) is 6.79. The van der Waals surface area contributed by atoms with Gasteiger partial charge in [-0.1, -0.05) is 6.92 Å². The average molecular weight is 403 g/mol. The van der Waals surface area contributed by atoms with E-state index in [1.54, 1.807) is 25.5 Å². The Kier molecular flexibility index (Phi) is 6.51. The molecular weight excluding hydrogens is 376 g/mol. The fourth-order valence-electron chi connectivity index (χ4n) is 3.35. The summed E-state index contributed by atoms with van der Waals surface area (Å²) < 4.78 is 10.1. The zero-order valence-electron chi connectivity index (χ0n) is 16.6. The Morgan fingerprint density at radius 2 is 2.07 bits per heavy atom. The molecule has 150 valence electrons. The second kappa shape index (κ2) is 9.05. The number of guanidine groups is 1. The molecule has 1 aliphatic rings. The van der Waals surface area contributed by atoms with Crippen molar-refractivity contribution < 1.29 is 14.3 Å². The Bertz CT molecular complexity index is 834. The first-order valence-corrected chi connectivity index (χ1v) is 10.1. The Hall–Kier alpha value is -2.61. The van der Waals surface area contributed by atoms with Crippen LogP contribution < -0.4 is 10.1 Å². The van der Waals surface area contributed by atoms with Crippen molar-refractivity contribution in [3.05, 3.63) is 35.3 Å². The van der Waals surface area contributed by atoms with E-state index in [1.165, 1.54) is 7.11 Å². The van der Waals surface area contributed by atoms with Crippen LogP contribution in [-0.2, 0) is 16.1 Å². The molecule has 28 heavy (non-hydrogen) atoms. The van der Waals surface area contributed by atoms with Crippen LogP contribution in [-0.4, -0.2) is 56.2 Å². The number of aliphatic imine (C=N–C) groups is 1. The molecule has 0 spiro atoms. The molecule has 0 amide bonds. The molecule has 1 N–H and O–H groups in total. The van der Waals surface area contributed by atoms with Gasteiger partial charge in [-0.2, -0.15) is 0 Å². The number of aromatic nitrogens is 1.